The molecule has 3 aromatic heterocycles. The van der Waals surface area contributed by atoms with Crippen LogP contribution in [-0.4, -0.2) is 27.5 Å². The molecule has 0 unspecified atom stereocenters. The minimum absolute atomic E-state index is 0.337. The number of carbonyl (C=O) groups is 1. The standard InChI is InChI=1S/C22H23N3O2/c1-4-15-7-9-23-18(11-15)20-12-16(5-2)13-21(25-20)19-14-17(8-10-24-19)22(26)27-6-3/h7-14H,4-6H2,1-3H3. The van der Waals surface area contributed by atoms with Gasteiger partial charge in [0, 0.05) is 12.4 Å². The molecule has 0 radical (unpaired) electrons. The van der Waals surface area contributed by atoms with Crippen LogP contribution in [0.5, 0.6) is 0 Å². The summed E-state index contributed by atoms with van der Waals surface area (Å²) in [5, 5.41) is 0. The summed E-state index contributed by atoms with van der Waals surface area (Å²) >= 11 is 0. The quantitative estimate of drug-likeness (QED) is 0.605. The third-order valence-electron chi connectivity index (χ3n) is 4.32. The van der Waals surface area contributed by atoms with Crippen molar-refractivity contribution >= 4 is 5.97 Å². The van der Waals surface area contributed by atoms with Gasteiger partial charge in [0.05, 0.1) is 34.9 Å². The van der Waals surface area contributed by atoms with E-state index in [-0.39, 0.29) is 5.97 Å². The first kappa shape index (κ1) is 18.7. The fourth-order valence-corrected chi connectivity index (χ4v) is 2.80. The van der Waals surface area contributed by atoms with E-state index < -0.39 is 0 Å². The van der Waals surface area contributed by atoms with Crippen molar-refractivity contribution in [2.75, 3.05) is 6.61 Å². The number of esters is 1. The molecule has 3 rings (SSSR count). The minimum atomic E-state index is -0.356. The molecular formula is C22H23N3O2. The number of nitrogens with zero attached hydrogens (tertiary/aromatic N) is 3. The highest BCUT2D eigenvalue weighted by molar-refractivity contribution is 5.90. The molecule has 0 N–H and O–H groups in total. The maximum absolute atomic E-state index is 12.0. The first-order valence-electron chi connectivity index (χ1n) is 9.24. The van der Waals surface area contributed by atoms with Crippen LogP contribution in [0.3, 0.4) is 0 Å². The third kappa shape index (κ3) is 4.37. The van der Waals surface area contributed by atoms with Crippen LogP contribution in [0.15, 0.2) is 48.8 Å². The van der Waals surface area contributed by atoms with Crippen LogP contribution < -0.4 is 0 Å². The van der Waals surface area contributed by atoms with E-state index >= 15 is 0 Å². The van der Waals surface area contributed by atoms with Crippen LogP contribution in [0.25, 0.3) is 22.8 Å². The molecule has 27 heavy (non-hydrogen) atoms. The molecule has 0 saturated carbocycles. The number of ether oxygens (including phenoxy) is 1. The van der Waals surface area contributed by atoms with E-state index in [0.29, 0.717) is 17.9 Å². The summed E-state index contributed by atoms with van der Waals surface area (Å²) < 4.78 is 5.09. The topological polar surface area (TPSA) is 65.0 Å². The van der Waals surface area contributed by atoms with Gasteiger partial charge in [-0.25, -0.2) is 9.78 Å². The van der Waals surface area contributed by atoms with E-state index in [1.54, 1.807) is 25.3 Å². The molecule has 3 aromatic rings. The van der Waals surface area contributed by atoms with E-state index in [4.69, 9.17) is 9.72 Å². The van der Waals surface area contributed by atoms with Crippen LogP contribution in [0.1, 0.15) is 42.3 Å². The van der Waals surface area contributed by atoms with Gasteiger partial charge in [-0.15, -0.1) is 0 Å². The van der Waals surface area contributed by atoms with Gasteiger partial charge >= 0.3 is 5.97 Å². The normalized spacial score (nSPS) is 10.6. The van der Waals surface area contributed by atoms with Gasteiger partial charge in [0.15, 0.2) is 0 Å². The largest absolute Gasteiger partial charge is 0.462 e. The van der Waals surface area contributed by atoms with Gasteiger partial charge in [-0.2, -0.15) is 0 Å². The molecule has 0 aromatic carbocycles. The van der Waals surface area contributed by atoms with Crippen molar-refractivity contribution in [1.82, 2.24) is 15.0 Å². The van der Waals surface area contributed by atoms with Crippen molar-refractivity contribution in [1.29, 1.82) is 0 Å². The van der Waals surface area contributed by atoms with E-state index in [1.807, 2.05) is 18.3 Å². The summed E-state index contributed by atoms with van der Waals surface area (Å²) in [5.74, 6) is -0.356. The summed E-state index contributed by atoms with van der Waals surface area (Å²) in [6, 6.07) is 11.5. The number of pyridine rings is 3. The van der Waals surface area contributed by atoms with Crippen molar-refractivity contribution in [2.45, 2.75) is 33.6 Å². The first-order chi connectivity index (χ1) is 13.1. The molecule has 0 saturated heterocycles. The molecule has 0 aliphatic rings. The maximum Gasteiger partial charge on any atom is 0.338 e. The lowest BCUT2D eigenvalue weighted by Gasteiger charge is -2.09. The summed E-state index contributed by atoms with van der Waals surface area (Å²) in [7, 11) is 0. The zero-order valence-electron chi connectivity index (χ0n) is 15.9. The van der Waals surface area contributed by atoms with Crippen LogP contribution in [0.2, 0.25) is 0 Å². The fourth-order valence-electron chi connectivity index (χ4n) is 2.80. The SMILES string of the molecule is CCOC(=O)c1ccnc(-c2cc(CC)cc(-c3cc(CC)ccn3)n2)c1. The maximum atomic E-state index is 12.0. The molecule has 0 amide bonds. The van der Waals surface area contributed by atoms with E-state index in [1.165, 1.54) is 5.56 Å². The van der Waals surface area contributed by atoms with Crippen LogP contribution >= 0.6 is 0 Å². The Kier molecular flexibility index (Phi) is 5.91. The van der Waals surface area contributed by atoms with Crippen LogP contribution in [0, 0.1) is 0 Å². The molecule has 5 heteroatoms. The summed E-state index contributed by atoms with van der Waals surface area (Å²) in [4.78, 5) is 25.7. The molecule has 0 aliphatic carbocycles. The molecule has 138 valence electrons. The van der Waals surface area contributed by atoms with Crippen LogP contribution in [0.4, 0.5) is 0 Å². The summed E-state index contributed by atoms with van der Waals surface area (Å²) in [6.45, 7) is 6.34. The van der Waals surface area contributed by atoms with Gasteiger partial charge in [0.25, 0.3) is 0 Å². The van der Waals surface area contributed by atoms with Crippen molar-refractivity contribution in [3.05, 3.63) is 65.5 Å². The molecule has 0 spiro atoms. The van der Waals surface area contributed by atoms with Crippen molar-refractivity contribution in [3.63, 3.8) is 0 Å². The summed E-state index contributed by atoms with van der Waals surface area (Å²) in [5.41, 5.74) is 5.84. The molecular weight excluding hydrogens is 338 g/mol. The smallest absolute Gasteiger partial charge is 0.338 e. The Morgan fingerprint density at radius 3 is 2.04 bits per heavy atom. The lowest BCUT2D eigenvalue weighted by Crippen LogP contribution is -2.05. The number of hydrogen-bond acceptors (Lipinski definition) is 5. The third-order valence-corrected chi connectivity index (χ3v) is 4.32. The Morgan fingerprint density at radius 2 is 1.41 bits per heavy atom. The van der Waals surface area contributed by atoms with E-state index in [9.17, 15) is 4.79 Å². The van der Waals surface area contributed by atoms with Gasteiger partial charge in [-0.1, -0.05) is 13.8 Å². The predicted octanol–water partition coefficient (Wildman–Crippen LogP) is 4.51. The van der Waals surface area contributed by atoms with E-state index in [0.717, 1.165) is 35.5 Å². The Labute approximate surface area is 159 Å². The average molecular weight is 361 g/mol. The van der Waals surface area contributed by atoms with Gasteiger partial charge in [0.2, 0.25) is 0 Å². The number of aromatic nitrogens is 3. The Morgan fingerprint density at radius 1 is 0.815 bits per heavy atom. The van der Waals surface area contributed by atoms with Crippen molar-refractivity contribution in [2.24, 2.45) is 0 Å². The average Bonchev–Trinajstić information content (AvgIpc) is 2.73. The zero-order chi connectivity index (χ0) is 19.2. The zero-order valence-corrected chi connectivity index (χ0v) is 15.9. The predicted molar refractivity (Wildman–Crippen MR) is 105 cm³/mol. The van der Waals surface area contributed by atoms with Gasteiger partial charge in [0.1, 0.15) is 0 Å². The van der Waals surface area contributed by atoms with Gasteiger partial charge in [-0.3, -0.25) is 9.97 Å². The number of rotatable bonds is 6. The van der Waals surface area contributed by atoms with Gasteiger partial charge < -0.3 is 4.74 Å². The second-order valence-electron chi connectivity index (χ2n) is 6.15. The lowest BCUT2D eigenvalue weighted by molar-refractivity contribution is 0.0526. The Bertz CT molecular complexity index is 954. The second kappa shape index (κ2) is 8.54. The Hall–Kier alpha value is -3.08. The number of carbonyl (C=O) groups excluding carboxylic acids is 1. The van der Waals surface area contributed by atoms with Crippen molar-refractivity contribution < 1.29 is 9.53 Å². The first-order valence-corrected chi connectivity index (χ1v) is 9.24. The fraction of sp³-hybridized carbons (Fsp3) is 0.273. The molecule has 0 bridgehead atoms. The number of hydrogen-bond donors (Lipinski definition) is 0. The minimum Gasteiger partial charge on any atom is -0.462 e. The Balaban J connectivity index is 2.06. The second-order valence-corrected chi connectivity index (χ2v) is 6.15. The monoisotopic (exact) mass is 361 g/mol. The molecule has 5 nitrogen and oxygen atoms in total. The number of aryl methyl sites for hydroxylation is 2. The highest BCUT2D eigenvalue weighted by Crippen LogP contribution is 2.24. The highest BCUT2D eigenvalue weighted by atomic mass is 16.5. The van der Waals surface area contributed by atoms with E-state index in [2.05, 4.69) is 35.9 Å². The molecule has 0 atom stereocenters. The summed E-state index contributed by atoms with van der Waals surface area (Å²) in [6.07, 6.45) is 5.23. The molecule has 0 fully saturated rings. The van der Waals surface area contributed by atoms with Crippen LogP contribution in [-0.2, 0) is 17.6 Å². The lowest BCUT2D eigenvalue weighted by atomic mass is 10.1. The van der Waals surface area contributed by atoms with Gasteiger partial charge in [-0.05, 0) is 67.3 Å². The molecule has 3 heterocycles. The van der Waals surface area contributed by atoms with Crippen molar-refractivity contribution in [3.8, 4) is 22.8 Å². The molecule has 0 aliphatic heterocycles. The highest BCUT2D eigenvalue weighted by Gasteiger charge is 2.12.